The lowest BCUT2D eigenvalue weighted by Gasteiger charge is -2.57. The van der Waals surface area contributed by atoms with Crippen LogP contribution in [-0.4, -0.2) is 91.9 Å². The van der Waals surface area contributed by atoms with E-state index in [2.05, 4.69) is 33.1 Å². The van der Waals surface area contributed by atoms with Gasteiger partial charge < -0.3 is 25.0 Å². The molecule has 4 aliphatic heterocycles. The van der Waals surface area contributed by atoms with Crippen molar-refractivity contribution in [1.29, 1.82) is 0 Å². The summed E-state index contributed by atoms with van der Waals surface area (Å²) in [6, 6.07) is 8.24. The highest BCUT2D eigenvalue weighted by Crippen LogP contribution is 2.62. The predicted molar refractivity (Wildman–Crippen MR) is 229 cm³/mol. The van der Waals surface area contributed by atoms with Gasteiger partial charge >= 0.3 is 0 Å². The number of carbonyl (C=O) groups is 6. The molecule has 4 heterocycles. The fraction of sp³-hybridized carbons (Fsp3) is 0.511. The minimum absolute atomic E-state index is 0.0264. The molecule has 1 spiro atoms. The number of benzene rings is 2. The summed E-state index contributed by atoms with van der Waals surface area (Å²) < 4.78 is 11.9. The van der Waals surface area contributed by atoms with Crippen LogP contribution in [0, 0.1) is 29.1 Å². The van der Waals surface area contributed by atoms with E-state index in [1.807, 2.05) is 12.3 Å². The van der Waals surface area contributed by atoms with E-state index >= 15 is 0 Å². The molecule has 2 aromatic carbocycles. The van der Waals surface area contributed by atoms with Crippen molar-refractivity contribution in [1.82, 2.24) is 20.4 Å². The summed E-state index contributed by atoms with van der Waals surface area (Å²) in [5.41, 5.74) is 4.44. The lowest BCUT2D eigenvalue weighted by molar-refractivity contribution is -0.141. The molecular weight excluding hydrogens is 777 g/mol. The Hall–Kier alpha value is -5.79. The Labute approximate surface area is 356 Å². The van der Waals surface area contributed by atoms with Crippen molar-refractivity contribution in [2.75, 3.05) is 39.7 Å². The Morgan fingerprint density at radius 2 is 1.61 bits per heavy atom. The highest BCUT2D eigenvalue weighted by molar-refractivity contribution is 6.25. The number of hydrogen-bond donors (Lipinski definition) is 3. The molecule has 322 valence electrons. The first kappa shape index (κ1) is 41.9. The number of hydrogen-bond acceptors (Lipinski definition) is 10. The summed E-state index contributed by atoms with van der Waals surface area (Å²) in [6.07, 6.45) is 18.5. The van der Waals surface area contributed by atoms with Crippen LogP contribution in [0.3, 0.4) is 0 Å². The lowest BCUT2D eigenvalue weighted by Crippen LogP contribution is -2.54. The molecule has 8 rings (SSSR count). The van der Waals surface area contributed by atoms with E-state index in [0.29, 0.717) is 24.7 Å². The van der Waals surface area contributed by atoms with Gasteiger partial charge in [0.15, 0.2) is 0 Å². The number of piperidine rings is 1. The molecule has 2 aliphatic carbocycles. The second-order valence-electron chi connectivity index (χ2n) is 17.7. The SMILES string of the molecule is COc1cc(C2=CN(C)C(=O)C3C=NC=CC23)cc(OC)c1CC1CC2(C1)CC(C(=O)NCCCCCCCCNc1cccc3c1C(=O)N(C1CCC(=O)NC1=O)C3=O)C2. The second kappa shape index (κ2) is 17.7. The van der Waals surface area contributed by atoms with Gasteiger partial charge in [-0.3, -0.25) is 44.0 Å². The molecule has 0 bridgehead atoms. The first-order valence-electron chi connectivity index (χ1n) is 21.8. The summed E-state index contributed by atoms with van der Waals surface area (Å²) in [7, 11) is 5.16. The maximum atomic E-state index is 13.3. The van der Waals surface area contributed by atoms with E-state index in [1.165, 1.54) is 0 Å². The fourth-order valence-corrected chi connectivity index (χ4v) is 10.5. The molecule has 61 heavy (non-hydrogen) atoms. The Balaban J connectivity index is 0.710. The normalized spacial score (nSPS) is 26.3. The van der Waals surface area contributed by atoms with Crippen LogP contribution in [0.25, 0.3) is 5.57 Å². The van der Waals surface area contributed by atoms with Crippen molar-refractivity contribution in [2.45, 2.75) is 89.5 Å². The van der Waals surface area contributed by atoms with Crippen LogP contribution in [-0.2, 0) is 25.6 Å². The van der Waals surface area contributed by atoms with Gasteiger partial charge in [-0.1, -0.05) is 37.8 Å². The van der Waals surface area contributed by atoms with E-state index in [1.54, 1.807) is 56.8 Å². The van der Waals surface area contributed by atoms with Gasteiger partial charge in [0.25, 0.3) is 11.8 Å². The van der Waals surface area contributed by atoms with Crippen molar-refractivity contribution in [3.05, 3.63) is 71.1 Å². The fourth-order valence-electron chi connectivity index (χ4n) is 10.5. The van der Waals surface area contributed by atoms with Gasteiger partial charge in [0.1, 0.15) is 17.5 Å². The van der Waals surface area contributed by atoms with Gasteiger partial charge in [0.05, 0.1) is 31.3 Å². The molecule has 0 radical (unpaired) electrons. The Bertz CT molecular complexity index is 2170. The predicted octanol–water partition coefficient (Wildman–Crippen LogP) is 5.67. The summed E-state index contributed by atoms with van der Waals surface area (Å²) in [5, 5.41) is 8.72. The third-order valence-electron chi connectivity index (χ3n) is 13.6. The Morgan fingerprint density at radius 3 is 2.31 bits per heavy atom. The monoisotopic (exact) mass is 832 g/mol. The molecule has 3 atom stereocenters. The topological polar surface area (TPSA) is 176 Å². The molecule has 2 saturated carbocycles. The molecule has 2 aromatic rings. The lowest BCUT2D eigenvalue weighted by atomic mass is 9.47. The van der Waals surface area contributed by atoms with Gasteiger partial charge in [-0.25, -0.2) is 0 Å². The van der Waals surface area contributed by atoms with Crippen molar-refractivity contribution >= 4 is 52.9 Å². The highest BCUT2D eigenvalue weighted by atomic mass is 16.5. The van der Waals surface area contributed by atoms with E-state index in [-0.39, 0.29) is 59.0 Å². The highest BCUT2D eigenvalue weighted by Gasteiger charge is 2.54. The molecular formula is C47H56N6O8. The smallest absolute Gasteiger partial charge is 0.264 e. The summed E-state index contributed by atoms with van der Waals surface area (Å²) in [6.45, 7) is 1.33. The van der Waals surface area contributed by atoms with Gasteiger partial charge in [0.2, 0.25) is 23.6 Å². The van der Waals surface area contributed by atoms with E-state index in [0.717, 1.165) is 104 Å². The van der Waals surface area contributed by atoms with Crippen LogP contribution in [0.4, 0.5) is 5.69 Å². The minimum Gasteiger partial charge on any atom is -0.496 e. The number of fused-ring (bicyclic) bond motifs is 2. The van der Waals surface area contributed by atoms with Crippen LogP contribution < -0.4 is 25.4 Å². The third kappa shape index (κ3) is 8.33. The molecule has 6 amide bonds. The van der Waals surface area contributed by atoms with Crippen molar-refractivity contribution < 1.29 is 38.2 Å². The Morgan fingerprint density at radius 1 is 0.902 bits per heavy atom. The maximum absolute atomic E-state index is 13.3. The van der Waals surface area contributed by atoms with Crippen molar-refractivity contribution in [3.63, 3.8) is 0 Å². The number of anilines is 1. The van der Waals surface area contributed by atoms with Gasteiger partial charge in [-0.05, 0) is 98.1 Å². The number of aliphatic imine (C=N–C) groups is 1. The average Bonchev–Trinajstić information content (AvgIpc) is 3.48. The number of unbranched alkanes of at least 4 members (excludes halogenated alkanes) is 5. The summed E-state index contributed by atoms with van der Waals surface area (Å²) in [4.78, 5) is 83.0. The molecule has 3 N–H and O–H groups in total. The number of carbonyl (C=O) groups excluding carboxylic acids is 6. The van der Waals surface area contributed by atoms with Crippen LogP contribution >= 0.6 is 0 Å². The number of nitrogens with zero attached hydrogens (tertiary/aromatic N) is 3. The molecule has 3 unspecified atom stereocenters. The number of allylic oxidation sites excluding steroid dienone is 2. The average molecular weight is 833 g/mol. The van der Waals surface area contributed by atoms with Crippen molar-refractivity contribution in [3.8, 4) is 11.5 Å². The molecule has 3 fully saturated rings. The summed E-state index contributed by atoms with van der Waals surface area (Å²) >= 11 is 0. The largest absolute Gasteiger partial charge is 0.496 e. The number of nitrogens with one attached hydrogen (secondary N) is 3. The van der Waals surface area contributed by atoms with Crippen LogP contribution in [0.1, 0.15) is 109 Å². The van der Waals surface area contributed by atoms with Crippen LogP contribution in [0.5, 0.6) is 11.5 Å². The third-order valence-corrected chi connectivity index (χ3v) is 13.6. The zero-order valence-electron chi connectivity index (χ0n) is 35.3. The molecule has 6 aliphatic rings. The van der Waals surface area contributed by atoms with Crippen molar-refractivity contribution in [2.24, 2.45) is 34.1 Å². The minimum atomic E-state index is -0.986. The Kier molecular flexibility index (Phi) is 12.1. The standard InChI is InChI=1S/C47H56N6O8/c1-52-27-35(31-15-18-48-26-34(31)44(52)57)29-20-38(60-2)33(39(21-29)61-3)19-28-22-47(23-28)24-30(25-47)42(55)50-17-9-7-5-4-6-8-16-49-36-12-10-11-32-41(36)46(59)53(45(32)58)37-13-14-40(54)51-43(37)56/h10-12,15,18,20-21,26-28,30-31,34,37,49H,4-9,13-14,16-17,19,22-25H2,1-3H3,(H,50,55)(H,51,54,56). The van der Waals surface area contributed by atoms with E-state index in [4.69, 9.17) is 9.47 Å². The van der Waals surface area contributed by atoms with E-state index < -0.39 is 29.7 Å². The maximum Gasteiger partial charge on any atom is 0.264 e. The number of rotatable bonds is 17. The quantitative estimate of drug-likeness (QED) is 0.134. The molecule has 0 aromatic heterocycles. The van der Waals surface area contributed by atoms with Gasteiger partial charge in [-0.15, -0.1) is 0 Å². The first-order chi connectivity index (χ1) is 29.5. The molecule has 1 saturated heterocycles. The number of ether oxygens (including phenoxy) is 2. The first-order valence-corrected chi connectivity index (χ1v) is 21.8. The van der Waals surface area contributed by atoms with E-state index in [9.17, 15) is 28.8 Å². The number of imide groups is 2. The number of amides is 6. The zero-order valence-corrected chi connectivity index (χ0v) is 35.3. The summed E-state index contributed by atoms with van der Waals surface area (Å²) in [5.74, 6) is -0.0885. The zero-order chi connectivity index (χ0) is 42.8. The van der Waals surface area contributed by atoms with Gasteiger partial charge in [0, 0.05) is 68.3 Å². The second-order valence-corrected chi connectivity index (χ2v) is 17.7. The van der Waals surface area contributed by atoms with Crippen LogP contribution in [0.15, 0.2) is 53.8 Å². The van der Waals surface area contributed by atoms with Crippen LogP contribution in [0.2, 0.25) is 0 Å². The molecule has 14 nitrogen and oxygen atoms in total. The molecule has 14 heteroatoms. The number of methoxy groups -OCH3 is 2. The van der Waals surface area contributed by atoms with Gasteiger partial charge in [-0.2, -0.15) is 0 Å².